The van der Waals surface area contributed by atoms with Crippen LogP contribution in [0.15, 0.2) is 11.1 Å². The van der Waals surface area contributed by atoms with E-state index in [2.05, 4.69) is 21.7 Å². The van der Waals surface area contributed by atoms with Crippen LogP contribution in [-0.2, 0) is 14.6 Å². The van der Waals surface area contributed by atoms with Crippen LogP contribution in [0.1, 0.15) is 57.1 Å². The normalized spacial score (nSPS) is 22.3. The molecule has 3 fully saturated rings. The number of carbonyl (C=O) groups excluding carboxylic acids is 1. The third kappa shape index (κ3) is 5.37. The maximum absolute atomic E-state index is 12.7. The number of likely N-dealkylation sites (tertiary alicyclic amines) is 2. The van der Waals surface area contributed by atoms with Crippen molar-refractivity contribution in [1.82, 2.24) is 19.8 Å². The number of hydrogen-bond donors (Lipinski definition) is 0. The Balaban J connectivity index is 1.47. The van der Waals surface area contributed by atoms with E-state index < -0.39 is 9.84 Å². The Morgan fingerprint density at radius 1 is 1.03 bits per heavy atom. The Hall–Kier alpha value is -1.74. The van der Waals surface area contributed by atoms with Gasteiger partial charge in [0.15, 0.2) is 9.84 Å². The van der Waals surface area contributed by atoms with Gasteiger partial charge in [-0.2, -0.15) is 0 Å². The molecule has 3 aliphatic heterocycles. The fourth-order valence-corrected chi connectivity index (χ4v) is 5.78. The molecule has 9 heteroatoms. The van der Waals surface area contributed by atoms with Crippen LogP contribution in [-0.4, -0.2) is 86.2 Å². The first-order chi connectivity index (χ1) is 14.8. The Morgan fingerprint density at radius 2 is 1.68 bits per heavy atom. The molecule has 1 aromatic heterocycles. The van der Waals surface area contributed by atoms with Gasteiger partial charge in [0.1, 0.15) is 4.90 Å². The van der Waals surface area contributed by atoms with Crippen LogP contribution in [0.25, 0.3) is 0 Å². The zero-order valence-corrected chi connectivity index (χ0v) is 19.6. The van der Waals surface area contributed by atoms with Crippen LogP contribution in [0.5, 0.6) is 0 Å². The number of carbonyl (C=O) groups is 1. The molecule has 0 radical (unpaired) electrons. The number of rotatable bonds is 5. The van der Waals surface area contributed by atoms with Crippen LogP contribution in [0.2, 0.25) is 0 Å². The highest BCUT2D eigenvalue weighted by atomic mass is 32.2. The Morgan fingerprint density at radius 3 is 2.29 bits per heavy atom. The van der Waals surface area contributed by atoms with Gasteiger partial charge in [0.2, 0.25) is 11.9 Å². The minimum absolute atomic E-state index is 0.0334. The van der Waals surface area contributed by atoms with Gasteiger partial charge >= 0.3 is 0 Å². The van der Waals surface area contributed by atoms with Gasteiger partial charge in [0.25, 0.3) is 0 Å². The number of hydrogen-bond acceptors (Lipinski definition) is 7. The molecule has 0 saturated carbocycles. The fourth-order valence-electron chi connectivity index (χ4n) is 4.95. The van der Waals surface area contributed by atoms with Crippen molar-refractivity contribution in [3.05, 3.63) is 11.9 Å². The van der Waals surface area contributed by atoms with E-state index in [1.807, 2.05) is 4.90 Å². The van der Waals surface area contributed by atoms with E-state index in [1.165, 1.54) is 25.3 Å². The van der Waals surface area contributed by atoms with Crippen LogP contribution in [0.3, 0.4) is 0 Å². The first-order valence-electron chi connectivity index (χ1n) is 11.6. The van der Waals surface area contributed by atoms with Crippen LogP contribution >= 0.6 is 0 Å². The van der Waals surface area contributed by atoms with Gasteiger partial charge < -0.3 is 9.80 Å². The number of sulfone groups is 1. The van der Waals surface area contributed by atoms with E-state index >= 15 is 0 Å². The molecule has 0 unspecified atom stereocenters. The van der Waals surface area contributed by atoms with E-state index in [-0.39, 0.29) is 16.7 Å². The topological polar surface area (TPSA) is 86.7 Å². The highest BCUT2D eigenvalue weighted by Gasteiger charge is 2.31. The van der Waals surface area contributed by atoms with Crippen LogP contribution in [0.4, 0.5) is 5.95 Å². The third-order valence-corrected chi connectivity index (χ3v) is 8.14. The first-order valence-corrected chi connectivity index (χ1v) is 13.5. The van der Waals surface area contributed by atoms with Crippen molar-refractivity contribution < 1.29 is 13.2 Å². The van der Waals surface area contributed by atoms with Gasteiger partial charge in [0, 0.05) is 38.4 Å². The highest BCUT2D eigenvalue weighted by Crippen LogP contribution is 2.32. The maximum Gasteiger partial charge on any atom is 0.236 e. The molecular weight excluding hydrogens is 414 g/mol. The molecule has 31 heavy (non-hydrogen) atoms. The number of anilines is 1. The molecule has 0 aromatic carbocycles. The second-order valence-electron chi connectivity index (χ2n) is 9.50. The molecule has 0 N–H and O–H groups in total. The monoisotopic (exact) mass is 449 g/mol. The molecule has 3 aliphatic rings. The van der Waals surface area contributed by atoms with Crippen molar-refractivity contribution in [2.45, 2.75) is 56.3 Å². The van der Waals surface area contributed by atoms with Gasteiger partial charge in [-0.15, -0.1) is 0 Å². The van der Waals surface area contributed by atoms with Gasteiger partial charge in [-0.3, -0.25) is 9.69 Å². The zero-order valence-electron chi connectivity index (χ0n) is 18.8. The molecule has 0 spiro atoms. The summed E-state index contributed by atoms with van der Waals surface area (Å²) in [6.07, 6.45) is 8.75. The Bertz CT molecular complexity index is 884. The van der Waals surface area contributed by atoms with Gasteiger partial charge in [-0.25, -0.2) is 18.4 Å². The minimum atomic E-state index is -3.42. The second kappa shape index (κ2) is 9.40. The van der Waals surface area contributed by atoms with Crippen molar-refractivity contribution in [3.63, 3.8) is 0 Å². The second-order valence-corrected chi connectivity index (χ2v) is 11.5. The smallest absolute Gasteiger partial charge is 0.236 e. The Labute approximate surface area is 185 Å². The summed E-state index contributed by atoms with van der Waals surface area (Å²) in [5, 5.41) is 0. The highest BCUT2D eigenvalue weighted by molar-refractivity contribution is 7.90. The largest absolute Gasteiger partial charge is 0.342 e. The molecule has 0 bridgehead atoms. The van der Waals surface area contributed by atoms with E-state index in [0.29, 0.717) is 37.2 Å². The van der Waals surface area contributed by atoms with Gasteiger partial charge in [-0.05, 0) is 57.5 Å². The van der Waals surface area contributed by atoms with Crippen LogP contribution < -0.4 is 4.90 Å². The maximum atomic E-state index is 12.7. The van der Waals surface area contributed by atoms with Crippen LogP contribution in [0, 0.1) is 5.92 Å². The number of nitrogens with zero attached hydrogens (tertiary/aromatic N) is 5. The molecule has 1 aromatic rings. The molecule has 1 amide bonds. The lowest BCUT2D eigenvalue weighted by Gasteiger charge is -2.34. The lowest BCUT2D eigenvalue weighted by atomic mass is 9.93. The predicted octanol–water partition coefficient (Wildman–Crippen LogP) is 1.92. The lowest BCUT2D eigenvalue weighted by molar-refractivity contribution is -0.133. The van der Waals surface area contributed by atoms with E-state index in [0.717, 1.165) is 51.9 Å². The molecule has 3 saturated heterocycles. The summed E-state index contributed by atoms with van der Waals surface area (Å²) < 4.78 is 24.9. The molecule has 0 aliphatic carbocycles. The average molecular weight is 450 g/mol. The van der Waals surface area contributed by atoms with Crippen molar-refractivity contribution in [2.24, 2.45) is 5.92 Å². The number of aromatic nitrogens is 2. The first kappa shape index (κ1) is 22.5. The molecule has 0 atom stereocenters. The van der Waals surface area contributed by atoms with E-state index in [9.17, 15) is 13.2 Å². The molecular formula is C22H35N5O3S. The standard InChI is InChI=1S/C22H35N5O3S/c1-17-5-11-27(12-6-17)22-23-15-19(31(2,29)30)21(24-22)18-7-13-26(14-8-18)20(28)16-25-9-3-4-10-25/h15,17-18H,3-14,16H2,1-2H3. The summed E-state index contributed by atoms with van der Waals surface area (Å²) in [5.74, 6) is 1.57. The summed E-state index contributed by atoms with van der Waals surface area (Å²) in [7, 11) is -3.42. The molecule has 8 nitrogen and oxygen atoms in total. The lowest BCUT2D eigenvalue weighted by Crippen LogP contribution is -2.43. The average Bonchev–Trinajstić information content (AvgIpc) is 3.26. The summed E-state index contributed by atoms with van der Waals surface area (Å²) >= 11 is 0. The fraction of sp³-hybridized carbons (Fsp3) is 0.773. The third-order valence-electron chi connectivity index (χ3n) is 7.03. The molecule has 172 valence electrons. The Kier molecular flexibility index (Phi) is 6.81. The molecule has 4 heterocycles. The SMILES string of the molecule is CC1CCN(c2ncc(S(C)(=O)=O)c(C3CCN(C(=O)CN4CCCC4)CC3)n2)CC1. The quantitative estimate of drug-likeness (QED) is 0.679. The summed E-state index contributed by atoms with van der Waals surface area (Å²) in [6.45, 7) is 7.91. The van der Waals surface area contributed by atoms with Gasteiger partial charge in [0.05, 0.1) is 18.4 Å². The van der Waals surface area contributed by atoms with Crippen molar-refractivity contribution in [3.8, 4) is 0 Å². The van der Waals surface area contributed by atoms with Crippen molar-refractivity contribution in [1.29, 1.82) is 0 Å². The minimum Gasteiger partial charge on any atom is -0.342 e. The van der Waals surface area contributed by atoms with E-state index in [4.69, 9.17) is 4.98 Å². The number of piperidine rings is 2. The zero-order chi connectivity index (χ0) is 22.0. The molecule has 4 rings (SSSR count). The summed E-state index contributed by atoms with van der Waals surface area (Å²) in [5.41, 5.74) is 0.637. The van der Waals surface area contributed by atoms with Crippen molar-refractivity contribution in [2.75, 3.05) is 57.0 Å². The van der Waals surface area contributed by atoms with E-state index in [1.54, 1.807) is 0 Å². The summed E-state index contributed by atoms with van der Waals surface area (Å²) in [4.78, 5) is 28.4. The van der Waals surface area contributed by atoms with Crippen molar-refractivity contribution >= 4 is 21.7 Å². The predicted molar refractivity (Wildman–Crippen MR) is 120 cm³/mol. The summed E-state index contributed by atoms with van der Waals surface area (Å²) in [6, 6.07) is 0. The van der Waals surface area contributed by atoms with Gasteiger partial charge in [-0.1, -0.05) is 6.92 Å². The number of amides is 1.